The monoisotopic (exact) mass is 449 g/mol. The van der Waals surface area contributed by atoms with E-state index in [-0.39, 0.29) is 5.91 Å². The fourth-order valence-corrected chi connectivity index (χ4v) is 4.29. The summed E-state index contributed by atoms with van der Waals surface area (Å²) >= 11 is 0. The van der Waals surface area contributed by atoms with Gasteiger partial charge < -0.3 is 24.2 Å². The van der Waals surface area contributed by atoms with Crippen molar-refractivity contribution in [1.82, 2.24) is 10.2 Å². The summed E-state index contributed by atoms with van der Waals surface area (Å²) in [4.78, 5) is 15.3. The number of carbonyl (C=O) groups excluding carboxylic acids is 1. The highest BCUT2D eigenvalue weighted by Crippen LogP contribution is 2.39. The largest absolute Gasteiger partial charge is 0.496 e. The quantitative estimate of drug-likeness (QED) is 0.588. The first kappa shape index (κ1) is 21.5. The molecular weight excluding hydrogens is 422 g/mol. The summed E-state index contributed by atoms with van der Waals surface area (Å²) in [6.07, 6.45) is 3.94. The normalized spacial score (nSPS) is 16.5. The zero-order valence-electron chi connectivity index (χ0n) is 19.0. The van der Waals surface area contributed by atoms with Crippen molar-refractivity contribution in [1.29, 1.82) is 0 Å². The molecule has 1 unspecified atom stereocenters. The average molecular weight is 450 g/mol. The Kier molecular flexibility index (Phi) is 5.54. The third kappa shape index (κ3) is 3.95. The minimum atomic E-state index is -0.735. The molecule has 172 valence electrons. The van der Waals surface area contributed by atoms with Crippen LogP contribution in [0.2, 0.25) is 0 Å². The van der Waals surface area contributed by atoms with Crippen LogP contribution in [0.3, 0.4) is 0 Å². The van der Waals surface area contributed by atoms with Gasteiger partial charge in [-0.2, -0.15) is 10.2 Å². The second-order valence-electron chi connectivity index (χ2n) is 8.64. The summed E-state index contributed by atoms with van der Waals surface area (Å²) < 4.78 is 16.9. The topological polar surface area (TPSA) is 94.0 Å². The van der Waals surface area contributed by atoms with E-state index in [9.17, 15) is 9.90 Å². The molecule has 0 radical (unpaired) electrons. The summed E-state index contributed by atoms with van der Waals surface area (Å²) in [5, 5.41) is 19.3. The molecule has 2 aliphatic rings. The van der Waals surface area contributed by atoms with Crippen molar-refractivity contribution < 1.29 is 24.1 Å². The first-order valence-corrected chi connectivity index (χ1v) is 11.2. The Hall–Kier alpha value is -3.39. The van der Waals surface area contributed by atoms with Crippen LogP contribution in [0.1, 0.15) is 47.4 Å². The van der Waals surface area contributed by atoms with Crippen molar-refractivity contribution in [3.8, 4) is 17.2 Å². The summed E-state index contributed by atoms with van der Waals surface area (Å²) in [6.45, 7) is 2.85. The molecule has 1 aromatic heterocycles. The molecule has 3 aromatic rings. The maximum Gasteiger partial charge on any atom is 0.258 e. The van der Waals surface area contributed by atoms with E-state index in [0.717, 1.165) is 10.9 Å². The Balaban J connectivity index is 1.53. The Morgan fingerprint density at radius 1 is 1.12 bits per heavy atom. The molecule has 1 atom stereocenters. The molecule has 8 heteroatoms. The minimum Gasteiger partial charge on any atom is -0.496 e. The van der Waals surface area contributed by atoms with Gasteiger partial charge in [0.2, 0.25) is 0 Å². The van der Waals surface area contributed by atoms with Crippen LogP contribution in [0, 0.1) is 5.92 Å². The summed E-state index contributed by atoms with van der Waals surface area (Å²) in [7, 11) is 3.13. The number of carbonyl (C=O) groups is 1. The lowest BCUT2D eigenvalue weighted by atomic mass is 9.97. The SMILES string of the molecule is COc1cc2c(cc1OCC1CC1)CCN(c1cnnc3cc(OC)c(C(C)O)cc13)C2=O. The van der Waals surface area contributed by atoms with Crippen molar-refractivity contribution in [3.05, 3.63) is 47.2 Å². The Morgan fingerprint density at radius 3 is 2.61 bits per heavy atom. The maximum atomic E-state index is 13.6. The second kappa shape index (κ2) is 8.51. The van der Waals surface area contributed by atoms with Gasteiger partial charge in [-0.1, -0.05) is 0 Å². The van der Waals surface area contributed by atoms with Gasteiger partial charge in [-0.05, 0) is 55.9 Å². The van der Waals surface area contributed by atoms with Crippen molar-refractivity contribution >= 4 is 22.5 Å². The number of nitrogens with zero attached hydrogens (tertiary/aromatic N) is 3. The van der Waals surface area contributed by atoms with Gasteiger partial charge >= 0.3 is 0 Å². The highest BCUT2D eigenvalue weighted by atomic mass is 16.5. The van der Waals surface area contributed by atoms with Crippen LogP contribution in [-0.4, -0.2) is 48.6 Å². The van der Waals surface area contributed by atoms with Gasteiger partial charge in [0.25, 0.3) is 5.91 Å². The molecule has 2 aromatic carbocycles. The smallest absolute Gasteiger partial charge is 0.258 e. The van der Waals surface area contributed by atoms with E-state index in [1.807, 2.05) is 12.1 Å². The standard InChI is InChI=1S/C25H27N3O5/c1-14(29)17-9-19-20(11-22(17)31-2)27-26-12-21(19)28-7-6-16-8-24(33-13-15-4-5-15)23(32-3)10-18(16)25(28)30/h8-12,14-15,29H,4-7,13H2,1-3H3. The van der Waals surface area contributed by atoms with Gasteiger partial charge in [-0.25, -0.2) is 0 Å². The number of aliphatic hydroxyl groups excluding tert-OH is 1. The van der Waals surface area contributed by atoms with Crippen molar-refractivity contribution in [3.63, 3.8) is 0 Å². The van der Waals surface area contributed by atoms with E-state index in [4.69, 9.17) is 14.2 Å². The first-order chi connectivity index (χ1) is 16.0. The van der Waals surface area contributed by atoms with Gasteiger partial charge in [0.05, 0.1) is 44.3 Å². The number of rotatable bonds is 7. The molecule has 1 aliphatic carbocycles. The van der Waals surface area contributed by atoms with Gasteiger partial charge in [-0.15, -0.1) is 0 Å². The number of ether oxygens (including phenoxy) is 3. The lowest BCUT2D eigenvalue weighted by Crippen LogP contribution is -2.38. The third-order valence-electron chi connectivity index (χ3n) is 6.35. The van der Waals surface area contributed by atoms with Crippen molar-refractivity contribution in [2.75, 3.05) is 32.3 Å². The Labute approximate surface area is 192 Å². The van der Waals surface area contributed by atoms with Gasteiger partial charge in [0.1, 0.15) is 5.75 Å². The molecule has 33 heavy (non-hydrogen) atoms. The fourth-order valence-electron chi connectivity index (χ4n) is 4.29. The van der Waals surface area contributed by atoms with E-state index in [1.165, 1.54) is 12.8 Å². The number of anilines is 1. The fraction of sp³-hybridized carbons (Fsp3) is 0.400. The molecule has 1 N–H and O–H groups in total. The lowest BCUT2D eigenvalue weighted by molar-refractivity contribution is 0.0980. The van der Waals surface area contributed by atoms with E-state index in [2.05, 4.69) is 10.2 Å². The van der Waals surface area contributed by atoms with E-state index >= 15 is 0 Å². The lowest BCUT2D eigenvalue weighted by Gasteiger charge is -2.30. The zero-order chi connectivity index (χ0) is 23.1. The molecule has 1 amide bonds. The highest BCUT2D eigenvalue weighted by molar-refractivity contribution is 6.12. The van der Waals surface area contributed by atoms with Gasteiger partial charge in [0, 0.05) is 29.1 Å². The van der Waals surface area contributed by atoms with Crippen LogP contribution in [0.4, 0.5) is 5.69 Å². The van der Waals surface area contributed by atoms with Crippen molar-refractivity contribution in [2.45, 2.75) is 32.3 Å². The predicted molar refractivity (Wildman–Crippen MR) is 123 cm³/mol. The number of aliphatic hydroxyl groups is 1. The first-order valence-electron chi connectivity index (χ1n) is 11.2. The number of hydrogen-bond acceptors (Lipinski definition) is 7. The van der Waals surface area contributed by atoms with E-state index < -0.39 is 6.10 Å². The van der Waals surface area contributed by atoms with Crippen molar-refractivity contribution in [2.24, 2.45) is 5.92 Å². The predicted octanol–water partition coefficient (Wildman–Crippen LogP) is 3.69. The molecule has 5 rings (SSSR count). The Bertz CT molecular complexity index is 1220. The van der Waals surface area contributed by atoms with Crippen LogP contribution >= 0.6 is 0 Å². The second-order valence-corrected chi connectivity index (χ2v) is 8.64. The molecule has 8 nitrogen and oxygen atoms in total. The molecule has 1 saturated carbocycles. The number of amides is 1. The molecule has 0 bridgehead atoms. The van der Waals surface area contributed by atoms with Crippen LogP contribution in [-0.2, 0) is 6.42 Å². The summed E-state index contributed by atoms with van der Waals surface area (Å²) in [6, 6.07) is 7.27. The number of methoxy groups -OCH3 is 2. The van der Waals surface area contributed by atoms with E-state index in [1.54, 1.807) is 44.4 Å². The number of fused-ring (bicyclic) bond motifs is 2. The van der Waals surface area contributed by atoms with Crippen LogP contribution < -0.4 is 19.1 Å². The molecule has 1 aliphatic heterocycles. The van der Waals surface area contributed by atoms with Crippen LogP contribution in [0.25, 0.3) is 10.9 Å². The number of aromatic nitrogens is 2. The summed E-state index contributed by atoms with van der Waals surface area (Å²) in [5.74, 6) is 2.27. The van der Waals surface area contributed by atoms with Gasteiger partial charge in [0.15, 0.2) is 11.5 Å². The molecule has 2 heterocycles. The third-order valence-corrected chi connectivity index (χ3v) is 6.35. The number of hydrogen-bond donors (Lipinski definition) is 1. The maximum absolute atomic E-state index is 13.6. The zero-order valence-corrected chi connectivity index (χ0v) is 19.0. The Morgan fingerprint density at radius 2 is 1.91 bits per heavy atom. The molecular formula is C25H27N3O5. The van der Waals surface area contributed by atoms with Gasteiger partial charge in [-0.3, -0.25) is 4.79 Å². The number of benzene rings is 2. The van der Waals surface area contributed by atoms with E-state index in [0.29, 0.717) is 65.1 Å². The van der Waals surface area contributed by atoms with Crippen LogP contribution in [0.15, 0.2) is 30.5 Å². The average Bonchev–Trinajstić information content (AvgIpc) is 3.66. The summed E-state index contributed by atoms with van der Waals surface area (Å²) in [5.41, 5.74) is 3.40. The molecule has 1 fully saturated rings. The van der Waals surface area contributed by atoms with Crippen LogP contribution in [0.5, 0.6) is 17.2 Å². The molecule has 0 saturated heterocycles. The molecule has 0 spiro atoms. The minimum absolute atomic E-state index is 0.132. The highest BCUT2D eigenvalue weighted by Gasteiger charge is 2.30.